The van der Waals surface area contributed by atoms with Gasteiger partial charge in [-0.3, -0.25) is 4.79 Å². The molecular formula is C23H27N3O2. The predicted octanol–water partition coefficient (Wildman–Crippen LogP) is 4.23. The third kappa shape index (κ3) is 4.49. The molecule has 0 fully saturated rings. The first-order chi connectivity index (χ1) is 13.5. The van der Waals surface area contributed by atoms with Crippen molar-refractivity contribution in [2.75, 3.05) is 20.3 Å². The van der Waals surface area contributed by atoms with Crippen molar-refractivity contribution in [3.05, 3.63) is 70.9 Å². The molecule has 0 unspecified atom stereocenters. The van der Waals surface area contributed by atoms with Crippen molar-refractivity contribution in [2.45, 2.75) is 27.2 Å². The van der Waals surface area contributed by atoms with Crippen LogP contribution in [0.1, 0.15) is 33.6 Å². The number of hydrogen-bond acceptors (Lipinski definition) is 3. The summed E-state index contributed by atoms with van der Waals surface area (Å²) in [6.45, 7) is 7.38. The maximum atomic E-state index is 12.8. The number of methoxy groups -OCH3 is 1. The summed E-state index contributed by atoms with van der Waals surface area (Å²) < 4.78 is 6.77. The van der Waals surface area contributed by atoms with Crippen LogP contribution in [0.2, 0.25) is 0 Å². The smallest absolute Gasteiger partial charge is 0.270 e. The van der Waals surface area contributed by atoms with Crippen LogP contribution in [-0.2, 0) is 4.74 Å². The fourth-order valence-corrected chi connectivity index (χ4v) is 2.98. The van der Waals surface area contributed by atoms with E-state index in [2.05, 4.69) is 31.3 Å². The van der Waals surface area contributed by atoms with Gasteiger partial charge in [0.05, 0.1) is 11.4 Å². The van der Waals surface area contributed by atoms with E-state index in [9.17, 15) is 4.79 Å². The largest absolute Gasteiger partial charge is 0.385 e. The lowest BCUT2D eigenvalue weighted by Gasteiger charge is -2.08. The van der Waals surface area contributed by atoms with Crippen molar-refractivity contribution >= 4 is 5.91 Å². The highest BCUT2D eigenvalue weighted by atomic mass is 16.5. The molecule has 0 radical (unpaired) electrons. The molecular weight excluding hydrogens is 350 g/mol. The van der Waals surface area contributed by atoms with Crippen LogP contribution in [0.4, 0.5) is 0 Å². The third-order valence-corrected chi connectivity index (χ3v) is 4.83. The zero-order valence-electron chi connectivity index (χ0n) is 17.0. The van der Waals surface area contributed by atoms with Crippen molar-refractivity contribution in [3.8, 4) is 16.9 Å². The van der Waals surface area contributed by atoms with Gasteiger partial charge in [-0.05, 0) is 62.6 Å². The molecule has 3 aromatic rings. The summed E-state index contributed by atoms with van der Waals surface area (Å²) >= 11 is 0. The van der Waals surface area contributed by atoms with Gasteiger partial charge in [-0.1, -0.05) is 29.8 Å². The number of carbonyl (C=O) groups is 1. The summed E-state index contributed by atoms with van der Waals surface area (Å²) in [6.07, 6.45) is 0.769. The molecule has 1 aromatic heterocycles. The van der Waals surface area contributed by atoms with Gasteiger partial charge in [0.1, 0.15) is 5.69 Å². The number of rotatable bonds is 7. The maximum absolute atomic E-state index is 12.8. The van der Waals surface area contributed by atoms with E-state index in [1.54, 1.807) is 11.8 Å². The highest BCUT2D eigenvalue weighted by molar-refractivity contribution is 5.94. The molecule has 1 heterocycles. The highest BCUT2D eigenvalue weighted by Crippen LogP contribution is 2.24. The lowest BCUT2D eigenvalue weighted by molar-refractivity contribution is 0.0941. The number of benzene rings is 2. The van der Waals surface area contributed by atoms with Crippen LogP contribution in [0.3, 0.4) is 0 Å². The first kappa shape index (κ1) is 19.8. The van der Waals surface area contributed by atoms with Crippen LogP contribution in [-0.4, -0.2) is 35.9 Å². The first-order valence-electron chi connectivity index (χ1n) is 9.51. The van der Waals surface area contributed by atoms with Crippen molar-refractivity contribution in [1.29, 1.82) is 0 Å². The van der Waals surface area contributed by atoms with E-state index < -0.39 is 0 Å². The monoisotopic (exact) mass is 377 g/mol. The molecule has 28 heavy (non-hydrogen) atoms. The van der Waals surface area contributed by atoms with E-state index in [-0.39, 0.29) is 5.91 Å². The zero-order valence-corrected chi connectivity index (χ0v) is 17.0. The second kappa shape index (κ2) is 8.85. The Labute approximate surface area is 166 Å². The minimum absolute atomic E-state index is 0.140. The summed E-state index contributed by atoms with van der Waals surface area (Å²) in [5, 5.41) is 7.71. The van der Waals surface area contributed by atoms with E-state index in [1.807, 2.05) is 43.3 Å². The summed E-state index contributed by atoms with van der Waals surface area (Å²) in [5.41, 5.74) is 6.77. The molecule has 0 aliphatic rings. The van der Waals surface area contributed by atoms with Gasteiger partial charge in [0.15, 0.2) is 0 Å². The zero-order chi connectivity index (χ0) is 20.1. The standard InChI is InChI=1S/C23H27N3O2/c1-16-6-10-20(11-7-16)26-22(23(27)24-12-5-13-28-4)15-21(25-26)19-9-8-17(2)18(3)14-19/h6-11,14-15H,5,12-13H2,1-4H3,(H,24,27). The number of ether oxygens (including phenoxy) is 1. The second-order valence-corrected chi connectivity index (χ2v) is 7.06. The number of nitrogens with one attached hydrogen (secondary N) is 1. The van der Waals surface area contributed by atoms with Gasteiger partial charge >= 0.3 is 0 Å². The van der Waals surface area contributed by atoms with Gasteiger partial charge in [0.25, 0.3) is 5.91 Å². The normalized spacial score (nSPS) is 10.9. The summed E-state index contributed by atoms with van der Waals surface area (Å²) in [4.78, 5) is 12.8. The van der Waals surface area contributed by atoms with Crippen molar-refractivity contribution in [2.24, 2.45) is 0 Å². The quantitative estimate of drug-likeness (QED) is 0.627. The fraction of sp³-hybridized carbons (Fsp3) is 0.304. The maximum Gasteiger partial charge on any atom is 0.270 e. The molecule has 1 N–H and O–H groups in total. The van der Waals surface area contributed by atoms with Crippen LogP contribution in [0, 0.1) is 20.8 Å². The van der Waals surface area contributed by atoms with Gasteiger partial charge in [-0.15, -0.1) is 0 Å². The van der Waals surface area contributed by atoms with Crippen LogP contribution >= 0.6 is 0 Å². The summed E-state index contributed by atoms with van der Waals surface area (Å²) in [7, 11) is 1.66. The lowest BCUT2D eigenvalue weighted by Crippen LogP contribution is -2.27. The number of aromatic nitrogens is 2. The highest BCUT2D eigenvalue weighted by Gasteiger charge is 2.17. The third-order valence-electron chi connectivity index (χ3n) is 4.83. The predicted molar refractivity (Wildman–Crippen MR) is 112 cm³/mol. The van der Waals surface area contributed by atoms with Crippen molar-refractivity contribution in [1.82, 2.24) is 15.1 Å². The van der Waals surface area contributed by atoms with E-state index in [4.69, 9.17) is 9.84 Å². The van der Waals surface area contributed by atoms with E-state index in [1.165, 1.54) is 11.1 Å². The average Bonchev–Trinajstić information content (AvgIpc) is 3.13. The molecule has 0 spiro atoms. The Kier molecular flexibility index (Phi) is 6.26. The Bertz CT molecular complexity index is 958. The SMILES string of the molecule is COCCCNC(=O)c1cc(-c2ccc(C)c(C)c2)nn1-c1ccc(C)cc1. The number of carbonyl (C=O) groups excluding carboxylic acids is 1. The Morgan fingerprint density at radius 1 is 1.04 bits per heavy atom. The lowest BCUT2D eigenvalue weighted by atomic mass is 10.0. The number of nitrogens with zero attached hydrogens (tertiary/aromatic N) is 2. The molecule has 3 rings (SSSR count). The molecule has 0 bridgehead atoms. The number of amides is 1. The van der Waals surface area contributed by atoms with Gasteiger partial charge < -0.3 is 10.1 Å². The topological polar surface area (TPSA) is 56.1 Å². The van der Waals surface area contributed by atoms with Crippen molar-refractivity contribution in [3.63, 3.8) is 0 Å². The fourth-order valence-electron chi connectivity index (χ4n) is 2.98. The van der Waals surface area contributed by atoms with E-state index in [0.717, 1.165) is 28.9 Å². The molecule has 1 amide bonds. The van der Waals surface area contributed by atoms with E-state index >= 15 is 0 Å². The van der Waals surface area contributed by atoms with Crippen LogP contribution in [0.25, 0.3) is 16.9 Å². The van der Waals surface area contributed by atoms with E-state index in [0.29, 0.717) is 18.8 Å². The Hall–Kier alpha value is -2.92. The number of aryl methyl sites for hydroxylation is 3. The molecule has 0 aliphatic heterocycles. The van der Waals surface area contributed by atoms with Gasteiger partial charge in [0, 0.05) is 25.8 Å². The summed E-state index contributed by atoms with van der Waals surface area (Å²) in [5.74, 6) is -0.140. The Morgan fingerprint density at radius 3 is 2.46 bits per heavy atom. The summed E-state index contributed by atoms with van der Waals surface area (Å²) in [6, 6.07) is 16.1. The molecule has 0 aliphatic carbocycles. The molecule has 5 nitrogen and oxygen atoms in total. The number of hydrogen-bond donors (Lipinski definition) is 1. The minimum Gasteiger partial charge on any atom is -0.385 e. The molecule has 0 saturated carbocycles. The second-order valence-electron chi connectivity index (χ2n) is 7.06. The van der Waals surface area contributed by atoms with Gasteiger partial charge in [-0.25, -0.2) is 4.68 Å². The molecule has 0 saturated heterocycles. The average molecular weight is 377 g/mol. The molecule has 2 aromatic carbocycles. The van der Waals surface area contributed by atoms with Crippen LogP contribution in [0.15, 0.2) is 48.5 Å². The van der Waals surface area contributed by atoms with Gasteiger partial charge in [0.2, 0.25) is 0 Å². The molecule has 0 atom stereocenters. The van der Waals surface area contributed by atoms with Crippen molar-refractivity contribution < 1.29 is 9.53 Å². The molecule has 5 heteroatoms. The van der Waals surface area contributed by atoms with Crippen LogP contribution < -0.4 is 5.32 Å². The molecule has 146 valence electrons. The first-order valence-corrected chi connectivity index (χ1v) is 9.51. The Morgan fingerprint density at radius 2 is 1.79 bits per heavy atom. The van der Waals surface area contributed by atoms with Gasteiger partial charge in [-0.2, -0.15) is 5.10 Å². The van der Waals surface area contributed by atoms with Crippen LogP contribution in [0.5, 0.6) is 0 Å². The minimum atomic E-state index is -0.140. The Balaban J connectivity index is 1.98.